The van der Waals surface area contributed by atoms with E-state index in [0.29, 0.717) is 32.2 Å². The number of hydrogen-bond acceptors (Lipinski definition) is 3. The summed E-state index contributed by atoms with van der Waals surface area (Å²) in [6, 6.07) is 0. The van der Waals surface area contributed by atoms with Crippen molar-refractivity contribution in [3.05, 3.63) is 0 Å². The zero-order valence-electron chi connectivity index (χ0n) is 10.4. The highest BCUT2D eigenvalue weighted by Gasteiger charge is 2.30. The number of ether oxygens (including phenoxy) is 1. The molecule has 1 saturated heterocycles. The molecule has 1 fully saturated rings. The summed E-state index contributed by atoms with van der Waals surface area (Å²) in [7, 11) is 0. The Balaban J connectivity index is 2.09. The number of carbonyl (C=O) groups is 2. The van der Waals surface area contributed by atoms with Crippen LogP contribution in [-0.4, -0.2) is 35.7 Å². The third-order valence-electron chi connectivity index (χ3n) is 2.88. The Morgan fingerprint density at radius 1 is 1.39 bits per heavy atom. The van der Waals surface area contributed by atoms with E-state index in [1.807, 2.05) is 0 Å². The molecular formula is C13H19NO4. The van der Waals surface area contributed by atoms with E-state index in [1.165, 1.54) is 0 Å². The predicted octanol–water partition coefficient (Wildman–Crippen LogP) is 0.928. The highest BCUT2D eigenvalue weighted by molar-refractivity contribution is 5.76. The van der Waals surface area contributed by atoms with Crippen molar-refractivity contribution in [2.75, 3.05) is 6.54 Å². The maximum absolute atomic E-state index is 11.4. The molecule has 2 atom stereocenters. The number of amides is 1. The molecule has 0 spiro atoms. The molecule has 2 N–H and O–H groups in total. The molecule has 1 aliphatic heterocycles. The van der Waals surface area contributed by atoms with Gasteiger partial charge in [-0.1, -0.05) is 0 Å². The van der Waals surface area contributed by atoms with Crippen molar-refractivity contribution in [1.29, 1.82) is 0 Å². The minimum Gasteiger partial charge on any atom is -0.479 e. The van der Waals surface area contributed by atoms with Crippen molar-refractivity contribution in [2.45, 2.75) is 50.7 Å². The molecule has 18 heavy (non-hydrogen) atoms. The summed E-state index contributed by atoms with van der Waals surface area (Å²) in [4.78, 5) is 22.1. The number of terminal acetylenes is 1. The van der Waals surface area contributed by atoms with E-state index in [1.54, 1.807) is 0 Å². The van der Waals surface area contributed by atoms with E-state index in [4.69, 9.17) is 16.3 Å². The normalized spacial score (nSPS) is 22.4. The highest BCUT2D eigenvalue weighted by atomic mass is 16.5. The number of unbranched alkanes of at least 4 members (excludes halogenated alkanes) is 2. The SMILES string of the molecule is C#CCCCCC(=O)NCC1CCC(C(=O)O)O1. The second kappa shape index (κ2) is 7.72. The molecule has 1 heterocycles. The van der Waals surface area contributed by atoms with Crippen LogP contribution in [-0.2, 0) is 14.3 Å². The molecule has 1 amide bonds. The lowest BCUT2D eigenvalue weighted by atomic mass is 10.2. The third-order valence-corrected chi connectivity index (χ3v) is 2.88. The lowest BCUT2D eigenvalue weighted by molar-refractivity contribution is -0.149. The van der Waals surface area contributed by atoms with Crippen LogP contribution in [0.15, 0.2) is 0 Å². The molecular weight excluding hydrogens is 234 g/mol. The largest absolute Gasteiger partial charge is 0.479 e. The van der Waals surface area contributed by atoms with Crippen molar-refractivity contribution < 1.29 is 19.4 Å². The number of aliphatic carboxylic acids is 1. The summed E-state index contributed by atoms with van der Waals surface area (Å²) >= 11 is 0. The second-order valence-corrected chi connectivity index (χ2v) is 4.38. The molecule has 100 valence electrons. The first kappa shape index (κ1) is 14.5. The first-order chi connectivity index (χ1) is 8.63. The number of carboxylic acid groups (broad SMARTS) is 1. The first-order valence-electron chi connectivity index (χ1n) is 6.22. The van der Waals surface area contributed by atoms with Gasteiger partial charge in [-0.2, -0.15) is 0 Å². The van der Waals surface area contributed by atoms with Crippen LogP contribution in [0.4, 0.5) is 0 Å². The zero-order chi connectivity index (χ0) is 13.4. The maximum Gasteiger partial charge on any atom is 0.332 e. The first-order valence-corrected chi connectivity index (χ1v) is 6.22. The fourth-order valence-electron chi connectivity index (χ4n) is 1.87. The Hall–Kier alpha value is -1.54. The Labute approximate surface area is 107 Å². The minimum atomic E-state index is -0.932. The quantitative estimate of drug-likeness (QED) is 0.523. The molecule has 5 nitrogen and oxygen atoms in total. The van der Waals surface area contributed by atoms with Gasteiger partial charge in [-0.25, -0.2) is 4.79 Å². The van der Waals surface area contributed by atoms with Crippen molar-refractivity contribution in [1.82, 2.24) is 5.32 Å². The number of carboxylic acids is 1. The van der Waals surface area contributed by atoms with Gasteiger partial charge in [-0.15, -0.1) is 12.3 Å². The van der Waals surface area contributed by atoms with Gasteiger partial charge in [0.15, 0.2) is 6.10 Å². The number of carbonyl (C=O) groups excluding carboxylic acids is 1. The zero-order valence-corrected chi connectivity index (χ0v) is 10.4. The molecule has 0 bridgehead atoms. The summed E-state index contributed by atoms with van der Waals surface area (Å²) < 4.78 is 5.28. The Morgan fingerprint density at radius 2 is 2.17 bits per heavy atom. The fraction of sp³-hybridized carbons (Fsp3) is 0.692. The average Bonchev–Trinajstić information content (AvgIpc) is 2.81. The molecule has 0 aliphatic carbocycles. The fourth-order valence-corrected chi connectivity index (χ4v) is 1.87. The maximum atomic E-state index is 11.4. The van der Waals surface area contributed by atoms with Crippen LogP contribution in [0.5, 0.6) is 0 Å². The van der Waals surface area contributed by atoms with E-state index in [-0.39, 0.29) is 12.0 Å². The summed E-state index contributed by atoms with van der Waals surface area (Å²) in [6.07, 6.45) is 8.17. The molecule has 5 heteroatoms. The van der Waals surface area contributed by atoms with Crippen molar-refractivity contribution in [3.63, 3.8) is 0 Å². The van der Waals surface area contributed by atoms with Crippen molar-refractivity contribution in [3.8, 4) is 12.3 Å². The molecule has 0 saturated carbocycles. The lowest BCUT2D eigenvalue weighted by Crippen LogP contribution is -2.32. The van der Waals surface area contributed by atoms with Gasteiger partial charge in [0.1, 0.15) is 0 Å². The molecule has 0 radical (unpaired) electrons. The Bertz CT molecular complexity index is 334. The van der Waals surface area contributed by atoms with E-state index < -0.39 is 12.1 Å². The molecule has 0 aromatic heterocycles. The predicted molar refractivity (Wildman–Crippen MR) is 65.8 cm³/mol. The molecule has 2 unspecified atom stereocenters. The monoisotopic (exact) mass is 253 g/mol. The van der Waals surface area contributed by atoms with Gasteiger partial charge in [-0.3, -0.25) is 4.79 Å². The van der Waals surface area contributed by atoms with Crippen LogP contribution in [0.3, 0.4) is 0 Å². The van der Waals surface area contributed by atoms with Gasteiger partial charge in [0.25, 0.3) is 0 Å². The van der Waals surface area contributed by atoms with Crippen LogP contribution >= 0.6 is 0 Å². The topological polar surface area (TPSA) is 75.6 Å². The van der Waals surface area contributed by atoms with Crippen LogP contribution in [0.2, 0.25) is 0 Å². The van der Waals surface area contributed by atoms with Crippen molar-refractivity contribution >= 4 is 11.9 Å². The van der Waals surface area contributed by atoms with E-state index >= 15 is 0 Å². The second-order valence-electron chi connectivity index (χ2n) is 4.38. The smallest absolute Gasteiger partial charge is 0.332 e. The summed E-state index contributed by atoms with van der Waals surface area (Å²) in [5, 5.41) is 11.5. The van der Waals surface area contributed by atoms with E-state index in [2.05, 4.69) is 11.2 Å². The van der Waals surface area contributed by atoms with Gasteiger partial charge >= 0.3 is 5.97 Å². The molecule has 0 aromatic carbocycles. The molecule has 1 aliphatic rings. The highest BCUT2D eigenvalue weighted by Crippen LogP contribution is 2.19. The number of hydrogen-bond donors (Lipinski definition) is 2. The summed E-state index contributed by atoms with van der Waals surface area (Å²) in [5.41, 5.74) is 0. The summed E-state index contributed by atoms with van der Waals surface area (Å²) in [6.45, 7) is 0.387. The standard InChI is InChI=1S/C13H19NO4/c1-2-3-4-5-6-12(15)14-9-10-7-8-11(18-10)13(16)17/h1,10-11H,3-9H2,(H,14,15)(H,16,17). The molecule has 1 rings (SSSR count). The van der Waals surface area contributed by atoms with Crippen LogP contribution in [0.1, 0.15) is 38.5 Å². The van der Waals surface area contributed by atoms with Crippen LogP contribution < -0.4 is 5.32 Å². The van der Waals surface area contributed by atoms with E-state index in [9.17, 15) is 9.59 Å². The van der Waals surface area contributed by atoms with Gasteiger partial charge < -0.3 is 15.2 Å². The summed E-state index contributed by atoms with van der Waals surface area (Å²) in [5.74, 6) is 1.56. The van der Waals surface area contributed by atoms with Gasteiger partial charge in [0.2, 0.25) is 5.91 Å². The molecule has 0 aromatic rings. The minimum absolute atomic E-state index is 0.0330. The lowest BCUT2D eigenvalue weighted by Gasteiger charge is -2.12. The third kappa shape index (κ3) is 5.19. The van der Waals surface area contributed by atoms with Crippen LogP contribution in [0, 0.1) is 12.3 Å². The van der Waals surface area contributed by atoms with Gasteiger partial charge in [0.05, 0.1) is 6.10 Å². The average molecular weight is 253 g/mol. The Morgan fingerprint density at radius 3 is 2.78 bits per heavy atom. The van der Waals surface area contributed by atoms with Gasteiger partial charge in [0, 0.05) is 19.4 Å². The van der Waals surface area contributed by atoms with Gasteiger partial charge in [-0.05, 0) is 25.7 Å². The van der Waals surface area contributed by atoms with Crippen LogP contribution in [0.25, 0.3) is 0 Å². The number of nitrogens with one attached hydrogen (secondary N) is 1. The Kier molecular flexibility index (Phi) is 6.23. The number of rotatable bonds is 7. The van der Waals surface area contributed by atoms with Crippen molar-refractivity contribution in [2.24, 2.45) is 0 Å². The van der Waals surface area contributed by atoms with E-state index in [0.717, 1.165) is 12.8 Å².